The molecule has 0 bridgehead atoms. The molecule has 0 aliphatic heterocycles. The van der Waals surface area contributed by atoms with E-state index in [1.807, 2.05) is 13.8 Å². The van der Waals surface area contributed by atoms with Crippen molar-refractivity contribution in [3.05, 3.63) is 52.7 Å². The first-order chi connectivity index (χ1) is 10.9. The fourth-order valence-electron chi connectivity index (χ4n) is 2.30. The Labute approximate surface area is 133 Å². The Kier molecular flexibility index (Phi) is 5.16. The van der Waals surface area contributed by atoms with E-state index >= 15 is 0 Å². The van der Waals surface area contributed by atoms with Gasteiger partial charge in [-0.15, -0.1) is 0 Å². The Hall–Kier alpha value is -2.63. The van der Waals surface area contributed by atoms with Crippen molar-refractivity contribution in [2.75, 3.05) is 5.32 Å². The number of carboxylic acid groups (broad SMARTS) is 1. The van der Waals surface area contributed by atoms with Crippen LogP contribution in [0.4, 0.5) is 10.1 Å². The maximum atomic E-state index is 13.8. The number of amides is 1. The van der Waals surface area contributed by atoms with Crippen LogP contribution in [-0.2, 0) is 24.1 Å². The van der Waals surface area contributed by atoms with E-state index in [9.17, 15) is 14.0 Å². The van der Waals surface area contributed by atoms with E-state index in [2.05, 4.69) is 5.32 Å². The van der Waals surface area contributed by atoms with Crippen LogP contribution in [0.25, 0.3) is 0 Å². The third-order valence-corrected chi connectivity index (χ3v) is 3.48. The maximum absolute atomic E-state index is 13.8. The van der Waals surface area contributed by atoms with Crippen LogP contribution in [0, 0.1) is 5.82 Å². The summed E-state index contributed by atoms with van der Waals surface area (Å²) in [4.78, 5) is 22.8. The van der Waals surface area contributed by atoms with Crippen LogP contribution in [0.2, 0.25) is 0 Å². The fraction of sp³-hybridized carbons (Fsp3) is 0.294. The zero-order valence-electron chi connectivity index (χ0n) is 13.0. The molecule has 23 heavy (non-hydrogen) atoms. The third-order valence-electron chi connectivity index (χ3n) is 3.48. The summed E-state index contributed by atoms with van der Waals surface area (Å²) in [6, 6.07) is 5.59. The second-order valence-corrected chi connectivity index (χ2v) is 5.10. The summed E-state index contributed by atoms with van der Waals surface area (Å²) in [6.07, 6.45) is 1.05. The van der Waals surface area contributed by atoms with Crippen molar-refractivity contribution in [3.8, 4) is 0 Å². The van der Waals surface area contributed by atoms with Crippen molar-refractivity contribution in [3.63, 3.8) is 0 Å². The molecule has 0 aliphatic rings. The van der Waals surface area contributed by atoms with E-state index in [4.69, 9.17) is 9.52 Å². The van der Waals surface area contributed by atoms with E-state index in [0.29, 0.717) is 6.42 Å². The third kappa shape index (κ3) is 3.97. The molecule has 1 amide bonds. The van der Waals surface area contributed by atoms with E-state index in [1.54, 1.807) is 6.07 Å². The molecule has 5 nitrogen and oxygen atoms in total. The Balaban J connectivity index is 2.15. The zero-order valence-corrected chi connectivity index (χ0v) is 13.0. The summed E-state index contributed by atoms with van der Waals surface area (Å²) in [6.45, 7) is 3.92. The molecule has 0 saturated heterocycles. The monoisotopic (exact) mass is 319 g/mol. The molecule has 0 fully saturated rings. The molecule has 2 aromatic rings. The first-order valence-electron chi connectivity index (χ1n) is 7.37. The van der Waals surface area contributed by atoms with Gasteiger partial charge in [0.1, 0.15) is 11.6 Å². The van der Waals surface area contributed by atoms with Crippen LogP contribution in [0.5, 0.6) is 0 Å². The van der Waals surface area contributed by atoms with E-state index in [1.165, 1.54) is 12.1 Å². The van der Waals surface area contributed by atoms with Crippen LogP contribution in [-0.4, -0.2) is 17.0 Å². The van der Waals surface area contributed by atoms with Gasteiger partial charge >= 0.3 is 5.97 Å². The Morgan fingerprint density at radius 3 is 2.43 bits per heavy atom. The molecule has 0 aliphatic carbocycles. The Morgan fingerprint density at radius 1 is 1.17 bits per heavy atom. The van der Waals surface area contributed by atoms with Crippen molar-refractivity contribution < 1.29 is 23.5 Å². The molecule has 0 atom stereocenters. The predicted molar refractivity (Wildman–Crippen MR) is 83.2 cm³/mol. The number of rotatable bonds is 6. The van der Waals surface area contributed by atoms with Gasteiger partial charge in [-0.1, -0.05) is 19.9 Å². The highest BCUT2D eigenvalue weighted by Crippen LogP contribution is 2.20. The van der Waals surface area contributed by atoms with Crippen LogP contribution >= 0.6 is 0 Å². The summed E-state index contributed by atoms with van der Waals surface area (Å²) < 4.78 is 19.3. The highest BCUT2D eigenvalue weighted by molar-refractivity contribution is 6.02. The highest BCUT2D eigenvalue weighted by Gasteiger charge is 2.16. The lowest BCUT2D eigenvalue weighted by atomic mass is 10.1. The lowest BCUT2D eigenvalue weighted by Gasteiger charge is -2.06. The summed E-state index contributed by atoms with van der Waals surface area (Å²) in [5, 5.41) is 11.2. The molecule has 0 unspecified atom stereocenters. The second-order valence-electron chi connectivity index (χ2n) is 5.10. The minimum Gasteiger partial charge on any atom is -0.481 e. The van der Waals surface area contributed by atoms with Crippen molar-refractivity contribution >= 4 is 17.6 Å². The van der Waals surface area contributed by atoms with E-state index in [0.717, 1.165) is 23.8 Å². The topological polar surface area (TPSA) is 79.5 Å². The SMILES string of the molecule is CCc1cc(C(=O)Nc2ccc(CC(=O)O)c(F)c2)oc1CC. The number of anilines is 1. The number of hydrogen-bond acceptors (Lipinski definition) is 3. The van der Waals surface area contributed by atoms with Gasteiger partial charge in [-0.25, -0.2) is 4.39 Å². The summed E-state index contributed by atoms with van der Waals surface area (Å²) in [5.41, 5.74) is 1.28. The number of halogens is 1. The molecular formula is C17H18FNO4. The van der Waals surface area contributed by atoms with Gasteiger partial charge in [-0.2, -0.15) is 0 Å². The number of carboxylic acids is 1. The predicted octanol–water partition coefficient (Wildman–Crippen LogP) is 3.42. The molecule has 1 aromatic carbocycles. The number of carbonyl (C=O) groups is 2. The van der Waals surface area contributed by atoms with Crippen LogP contribution in [0.1, 0.15) is 41.3 Å². The standard InChI is InChI=1S/C17H18FNO4/c1-3-10-7-15(23-14(10)4-2)17(22)19-12-6-5-11(8-16(20)21)13(18)9-12/h5-7,9H,3-4,8H2,1-2H3,(H,19,22)(H,20,21). The van der Waals surface area contributed by atoms with Gasteiger partial charge in [0.25, 0.3) is 5.91 Å². The lowest BCUT2D eigenvalue weighted by molar-refractivity contribution is -0.136. The van der Waals surface area contributed by atoms with Gasteiger partial charge < -0.3 is 14.8 Å². The van der Waals surface area contributed by atoms with Crippen molar-refractivity contribution in [2.24, 2.45) is 0 Å². The fourth-order valence-corrected chi connectivity index (χ4v) is 2.30. The molecule has 0 spiro atoms. The average molecular weight is 319 g/mol. The van der Waals surface area contributed by atoms with Gasteiger partial charge in [0.2, 0.25) is 0 Å². The molecule has 0 radical (unpaired) electrons. The number of aliphatic carboxylic acids is 1. The average Bonchev–Trinajstić information content (AvgIpc) is 2.93. The quantitative estimate of drug-likeness (QED) is 0.855. The van der Waals surface area contributed by atoms with Gasteiger partial charge in [-0.3, -0.25) is 9.59 Å². The minimum atomic E-state index is -1.12. The molecule has 2 N–H and O–H groups in total. The number of carbonyl (C=O) groups excluding carboxylic acids is 1. The second kappa shape index (κ2) is 7.09. The molecule has 2 rings (SSSR count). The Bertz CT molecular complexity index is 715. The van der Waals surface area contributed by atoms with Crippen molar-refractivity contribution in [1.82, 2.24) is 0 Å². The largest absolute Gasteiger partial charge is 0.481 e. The summed E-state index contributed by atoms with van der Waals surface area (Å²) >= 11 is 0. The maximum Gasteiger partial charge on any atom is 0.307 e. The summed E-state index contributed by atoms with van der Waals surface area (Å²) in [5.74, 6) is -1.32. The molecule has 122 valence electrons. The van der Waals surface area contributed by atoms with Gasteiger partial charge in [0, 0.05) is 12.1 Å². The van der Waals surface area contributed by atoms with E-state index in [-0.39, 0.29) is 17.0 Å². The molecule has 6 heteroatoms. The summed E-state index contributed by atoms with van der Waals surface area (Å²) in [7, 11) is 0. The van der Waals surface area contributed by atoms with Crippen molar-refractivity contribution in [2.45, 2.75) is 33.1 Å². The number of furan rings is 1. The van der Waals surface area contributed by atoms with Gasteiger partial charge in [0.15, 0.2) is 5.76 Å². The van der Waals surface area contributed by atoms with Crippen LogP contribution < -0.4 is 5.32 Å². The van der Waals surface area contributed by atoms with E-state index < -0.39 is 24.1 Å². The molecule has 1 aromatic heterocycles. The minimum absolute atomic E-state index is 0.0648. The number of aryl methyl sites for hydroxylation is 2. The Morgan fingerprint density at radius 2 is 1.91 bits per heavy atom. The van der Waals surface area contributed by atoms with Gasteiger partial charge in [-0.05, 0) is 35.7 Å². The molecule has 1 heterocycles. The zero-order chi connectivity index (χ0) is 17.0. The van der Waals surface area contributed by atoms with Crippen LogP contribution in [0.15, 0.2) is 28.7 Å². The lowest BCUT2D eigenvalue weighted by Crippen LogP contribution is -2.11. The highest BCUT2D eigenvalue weighted by atomic mass is 19.1. The molecule has 0 saturated carbocycles. The first-order valence-corrected chi connectivity index (χ1v) is 7.37. The number of benzene rings is 1. The number of hydrogen-bond donors (Lipinski definition) is 2. The molecular weight excluding hydrogens is 301 g/mol. The first kappa shape index (κ1) is 16.7. The number of nitrogens with one attached hydrogen (secondary N) is 1. The van der Waals surface area contributed by atoms with Crippen LogP contribution in [0.3, 0.4) is 0 Å². The van der Waals surface area contributed by atoms with Gasteiger partial charge in [0.05, 0.1) is 6.42 Å². The van der Waals surface area contributed by atoms with Crippen molar-refractivity contribution in [1.29, 1.82) is 0 Å². The normalized spacial score (nSPS) is 10.6. The smallest absolute Gasteiger partial charge is 0.307 e.